The maximum absolute atomic E-state index is 13.6. The van der Waals surface area contributed by atoms with E-state index in [9.17, 15) is 17.6 Å². The highest BCUT2D eigenvalue weighted by atomic mass is 32.2. The van der Waals surface area contributed by atoms with Crippen LogP contribution in [0.4, 0.5) is 4.39 Å². The number of piperidine rings is 1. The molecule has 0 spiro atoms. The molecule has 1 N–H and O–H groups in total. The molecule has 0 saturated carbocycles. The van der Waals surface area contributed by atoms with Crippen molar-refractivity contribution in [3.05, 3.63) is 102 Å². The zero-order chi connectivity index (χ0) is 23.9. The van der Waals surface area contributed by atoms with Crippen LogP contribution in [0.1, 0.15) is 25.3 Å². The number of carbonyl (C=O) groups is 1. The van der Waals surface area contributed by atoms with E-state index in [4.69, 9.17) is 0 Å². The van der Waals surface area contributed by atoms with Gasteiger partial charge >= 0.3 is 0 Å². The molecule has 33 heavy (non-hydrogen) atoms. The number of hydrogen-bond acceptors (Lipinski definition) is 3. The summed E-state index contributed by atoms with van der Waals surface area (Å²) in [6, 6.07) is 14.5. The van der Waals surface area contributed by atoms with Gasteiger partial charge in [0.1, 0.15) is 5.82 Å². The molecule has 1 amide bonds. The molecule has 1 heterocycles. The lowest BCUT2D eigenvalue weighted by Crippen LogP contribution is -2.53. The van der Waals surface area contributed by atoms with Crippen LogP contribution in [0.25, 0.3) is 0 Å². The van der Waals surface area contributed by atoms with Crippen molar-refractivity contribution in [2.24, 2.45) is 0 Å². The topological polar surface area (TPSA) is 66.5 Å². The Morgan fingerprint density at radius 3 is 2.45 bits per heavy atom. The summed E-state index contributed by atoms with van der Waals surface area (Å²) < 4.78 is 41.0. The summed E-state index contributed by atoms with van der Waals surface area (Å²) in [6.07, 6.45) is 7.94. The lowest BCUT2D eigenvalue weighted by Gasteiger charge is -2.40. The van der Waals surface area contributed by atoms with Crippen molar-refractivity contribution in [3.8, 4) is 0 Å². The number of carbonyl (C=O) groups excluding carboxylic acids is 1. The summed E-state index contributed by atoms with van der Waals surface area (Å²) in [5, 5.41) is 3.03. The summed E-state index contributed by atoms with van der Waals surface area (Å²) >= 11 is 0. The van der Waals surface area contributed by atoms with Crippen LogP contribution in [-0.2, 0) is 20.2 Å². The predicted octanol–water partition coefficient (Wildman–Crippen LogP) is 4.35. The predicted molar refractivity (Wildman–Crippen MR) is 129 cm³/mol. The highest BCUT2D eigenvalue weighted by Gasteiger charge is 2.45. The highest BCUT2D eigenvalue weighted by molar-refractivity contribution is 7.89. The third kappa shape index (κ3) is 5.49. The molecule has 0 aliphatic carbocycles. The Bertz CT molecular complexity index is 1150. The molecule has 2 aromatic rings. The first-order chi connectivity index (χ1) is 15.8. The van der Waals surface area contributed by atoms with E-state index in [0.717, 1.165) is 17.2 Å². The van der Waals surface area contributed by atoms with E-state index in [1.165, 1.54) is 22.5 Å². The fourth-order valence-electron chi connectivity index (χ4n) is 4.09. The van der Waals surface area contributed by atoms with E-state index in [1.807, 2.05) is 55.5 Å². The maximum atomic E-state index is 13.6. The lowest BCUT2D eigenvalue weighted by molar-refractivity contribution is -0.128. The molecule has 3 rings (SSSR count). The SMILES string of the molecule is C=C/C=C\C(=C/C)CNC(=O)C1(c2ccccc2)CCN(S(=O)(=O)c2cccc(F)c2)CC1. The van der Waals surface area contributed by atoms with E-state index >= 15 is 0 Å². The van der Waals surface area contributed by atoms with E-state index < -0.39 is 21.3 Å². The van der Waals surface area contributed by atoms with Gasteiger partial charge in [-0.05, 0) is 49.1 Å². The van der Waals surface area contributed by atoms with Crippen LogP contribution in [-0.4, -0.2) is 38.3 Å². The molecule has 1 aliphatic heterocycles. The minimum absolute atomic E-state index is 0.0779. The number of amides is 1. The highest BCUT2D eigenvalue weighted by Crippen LogP contribution is 2.37. The second-order valence-electron chi connectivity index (χ2n) is 7.95. The van der Waals surface area contributed by atoms with Crippen molar-refractivity contribution in [1.82, 2.24) is 9.62 Å². The second kappa shape index (κ2) is 10.7. The van der Waals surface area contributed by atoms with Gasteiger partial charge in [-0.1, -0.05) is 67.3 Å². The quantitative estimate of drug-likeness (QED) is 0.586. The Morgan fingerprint density at radius 1 is 1.15 bits per heavy atom. The first-order valence-electron chi connectivity index (χ1n) is 10.9. The summed E-state index contributed by atoms with van der Waals surface area (Å²) in [7, 11) is -3.85. The minimum Gasteiger partial charge on any atom is -0.351 e. The van der Waals surface area contributed by atoms with E-state index in [1.54, 1.807) is 6.08 Å². The van der Waals surface area contributed by atoms with Crippen molar-refractivity contribution >= 4 is 15.9 Å². The van der Waals surface area contributed by atoms with Crippen LogP contribution in [0.3, 0.4) is 0 Å². The summed E-state index contributed by atoms with van der Waals surface area (Å²) in [5.41, 5.74) is 0.947. The maximum Gasteiger partial charge on any atom is 0.243 e. The van der Waals surface area contributed by atoms with Crippen molar-refractivity contribution in [2.75, 3.05) is 19.6 Å². The molecule has 0 radical (unpaired) electrons. The zero-order valence-electron chi connectivity index (χ0n) is 18.7. The van der Waals surface area contributed by atoms with Gasteiger partial charge in [-0.2, -0.15) is 4.31 Å². The van der Waals surface area contributed by atoms with Gasteiger partial charge in [-0.3, -0.25) is 4.79 Å². The average Bonchev–Trinajstić information content (AvgIpc) is 2.84. The van der Waals surface area contributed by atoms with Gasteiger partial charge in [0.15, 0.2) is 0 Å². The number of allylic oxidation sites excluding steroid dienone is 3. The molecule has 0 atom stereocenters. The number of nitrogens with one attached hydrogen (secondary N) is 1. The molecule has 1 saturated heterocycles. The molecule has 174 valence electrons. The van der Waals surface area contributed by atoms with Gasteiger partial charge in [0.05, 0.1) is 10.3 Å². The number of benzene rings is 2. The Hall–Kier alpha value is -3.03. The average molecular weight is 469 g/mol. The van der Waals surface area contributed by atoms with E-state index in [0.29, 0.717) is 19.4 Å². The molecule has 2 aromatic carbocycles. The molecular formula is C26H29FN2O3S. The molecule has 0 aromatic heterocycles. The van der Waals surface area contributed by atoms with Crippen molar-refractivity contribution in [2.45, 2.75) is 30.1 Å². The van der Waals surface area contributed by atoms with Crippen LogP contribution >= 0.6 is 0 Å². The van der Waals surface area contributed by atoms with Gasteiger partial charge < -0.3 is 5.32 Å². The zero-order valence-corrected chi connectivity index (χ0v) is 19.5. The minimum atomic E-state index is -3.85. The molecule has 5 nitrogen and oxygen atoms in total. The van der Waals surface area contributed by atoms with Crippen LogP contribution < -0.4 is 5.32 Å². The van der Waals surface area contributed by atoms with Crippen molar-refractivity contribution in [3.63, 3.8) is 0 Å². The fraction of sp³-hybridized carbons (Fsp3) is 0.269. The number of hydrogen-bond donors (Lipinski definition) is 1. The van der Waals surface area contributed by atoms with Crippen LogP contribution in [0.2, 0.25) is 0 Å². The third-order valence-electron chi connectivity index (χ3n) is 6.04. The number of halogens is 1. The third-order valence-corrected chi connectivity index (χ3v) is 7.94. The molecule has 7 heteroatoms. The summed E-state index contributed by atoms with van der Waals surface area (Å²) in [4.78, 5) is 13.4. The molecular weight excluding hydrogens is 439 g/mol. The Kier molecular flexibility index (Phi) is 8.00. The van der Waals surface area contributed by atoms with E-state index in [2.05, 4.69) is 11.9 Å². The first-order valence-corrected chi connectivity index (χ1v) is 12.3. The number of nitrogens with zero attached hydrogens (tertiary/aromatic N) is 1. The Labute approximate surface area is 195 Å². The normalized spacial score (nSPS) is 17.1. The molecule has 0 bridgehead atoms. The van der Waals surface area contributed by atoms with Crippen LogP contribution in [0, 0.1) is 5.82 Å². The number of sulfonamides is 1. The molecule has 0 unspecified atom stereocenters. The fourth-order valence-corrected chi connectivity index (χ4v) is 5.56. The van der Waals surface area contributed by atoms with Gasteiger partial charge in [0, 0.05) is 19.6 Å². The standard InChI is InChI=1S/C26H29FN2O3S/c1-3-5-10-21(4-2)20-28-25(30)26(22-11-7-6-8-12-22)15-17-29(18-16-26)33(31,32)24-14-9-13-23(27)19-24/h3-14,19H,1,15-18,20H2,2H3,(H,28,30)/b10-5-,21-4+. The van der Waals surface area contributed by atoms with Gasteiger partial charge in [0.2, 0.25) is 15.9 Å². The molecule has 1 aliphatic rings. The summed E-state index contributed by atoms with van der Waals surface area (Å²) in [5.74, 6) is -0.737. The van der Waals surface area contributed by atoms with E-state index in [-0.39, 0.29) is 23.9 Å². The Balaban J connectivity index is 1.83. The smallest absolute Gasteiger partial charge is 0.243 e. The lowest BCUT2D eigenvalue weighted by atomic mass is 9.72. The summed E-state index contributed by atoms with van der Waals surface area (Å²) in [6.45, 7) is 6.25. The Morgan fingerprint density at radius 2 is 1.85 bits per heavy atom. The van der Waals surface area contributed by atoms with Crippen LogP contribution in [0.15, 0.2) is 95.9 Å². The van der Waals surface area contributed by atoms with Gasteiger partial charge in [-0.15, -0.1) is 0 Å². The number of rotatable bonds is 8. The van der Waals surface area contributed by atoms with Gasteiger partial charge in [0.25, 0.3) is 0 Å². The van der Waals surface area contributed by atoms with Crippen LogP contribution in [0.5, 0.6) is 0 Å². The second-order valence-corrected chi connectivity index (χ2v) is 9.89. The largest absolute Gasteiger partial charge is 0.351 e. The molecule has 1 fully saturated rings. The van der Waals surface area contributed by atoms with Gasteiger partial charge in [-0.25, -0.2) is 12.8 Å². The van der Waals surface area contributed by atoms with Crippen molar-refractivity contribution < 1.29 is 17.6 Å². The first kappa shape index (κ1) is 24.6. The monoisotopic (exact) mass is 468 g/mol. The van der Waals surface area contributed by atoms with Crippen molar-refractivity contribution in [1.29, 1.82) is 0 Å².